The van der Waals surface area contributed by atoms with Gasteiger partial charge in [0.2, 0.25) is 11.8 Å². The molecule has 2 aliphatic heterocycles. The van der Waals surface area contributed by atoms with Crippen molar-refractivity contribution < 1.29 is 22.8 Å². The number of rotatable bonds is 7. The Morgan fingerprint density at radius 3 is 2.41 bits per heavy atom. The molecule has 2 amide bonds. The van der Waals surface area contributed by atoms with E-state index in [-0.39, 0.29) is 48.3 Å². The molecule has 0 aliphatic carbocycles. The van der Waals surface area contributed by atoms with Crippen LogP contribution in [-0.4, -0.2) is 56.1 Å². The van der Waals surface area contributed by atoms with Crippen LogP contribution in [0.25, 0.3) is 0 Å². The van der Waals surface area contributed by atoms with Crippen molar-refractivity contribution in [2.75, 3.05) is 6.54 Å². The molecular formula is C23H29F3N6O2. The summed E-state index contributed by atoms with van der Waals surface area (Å²) in [5.41, 5.74) is 5.40. The molecule has 2 fully saturated rings. The lowest BCUT2D eigenvalue weighted by Crippen LogP contribution is -2.54. The van der Waals surface area contributed by atoms with Crippen LogP contribution in [0.2, 0.25) is 0 Å². The molecule has 34 heavy (non-hydrogen) atoms. The van der Waals surface area contributed by atoms with Gasteiger partial charge in [0, 0.05) is 24.2 Å². The second-order valence-corrected chi connectivity index (χ2v) is 9.72. The molecule has 2 saturated heterocycles. The molecule has 3 heterocycles. The van der Waals surface area contributed by atoms with Gasteiger partial charge in [-0.1, -0.05) is 0 Å². The molecule has 2 aromatic rings. The van der Waals surface area contributed by atoms with E-state index < -0.39 is 29.0 Å². The maximum Gasteiger partial charge on any atom is 0.247 e. The van der Waals surface area contributed by atoms with Crippen molar-refractivity contribution in [2.24, 2.45) is 11.7 Å². The highest BCUT2D eigenvalue weighted by atomic mass is 19.2. The van der Waals surface area contributed by atoms with Crippen LogP contribution in [0, 0.1) is 23.4 Å². The molecule has 8 nitrogen and oxygen atoms in total. The highest BCUT2D eigenvalue weighted by Gasteiger charge is 2.44. The third-order valence-corrected chi connectivity index (χ3v) is 7.16. The molecule has 2 bridgehead atoms. The Hall–Kier alpha value is -2.95. The average Bonchev–Trinajstić information content (AvgIpc) is 3.42. The van der Waals surface area contributed by atoms with E-state index in [0.717, 1.165) is 18.9 Å². The fourth-order valence-electron chi connectivity index (χ4n) is 5.18. The van der Waals surface area contributed by atoms with E-state index in [1.807, 2.05) is 4.90 Å². The molecule has 1 aromatic carbocycles. The summed E-state index contributed by atoms with van der Waals surface area (Å²) < 4.78 is 42.2. The van der Waals surface area contributed by atoms with Crippen molar-refractivity contribution in [3.63, 3.8) is 0 Å². The van der Waals surface area contributed by atoms with Crippen LogP contribution in [0.4, 0.5) is 13.2 Å². The number of piperidine rings is 1. The van der Waals surface area contributed by atoms with Gasteiger partial charge in [-0.25, -0.2) is 22.8 Å². The predicted molar refractivity (Wildman–Crippen MR) is 117 cm³/mol. The van der Waals surface area contributed by atoms with E-state index in [0.29, 0.717) is 18.9 Å². The topological polar surface area (TPSA) is 106 Å². The number of hydrogen-bond acceptors (Lipinski definition) is 5. The number of hydrogen-bond donors (Lipinski definition) is 2. The minimum absolute atomic E-state index is 0.0164. The van der Waals surface area contributed by atoms with Gasteiger partial charge in [0.1, 0.15) is 24.0 Å². The zero-order valence-corrected chi connectivity index (χ0v) is 19.2. The quantitative estimate of drug-likeness (QED) is 0.592. The fourth-order valence-corrected chi connectivity index (χ4v) is 5.18. The molecule has 11 heteroatoms. The molecule has 2 aliphatic rings. The lowest BCUT2D eigenvalue weighted by Gasteiger charge is -2.41. The second-order valence-electron chi connectivity index (χ2n) is 9.72. The van der Waals surface area contributed by atoms with Crippen LogP contribution in [-0.2, 0) is 21.5 Å². The van der Waals surface area contributed by atoms with Gasteiger partial charge in [-0.15, -0.1) is 0 Å². The Morgan fingerprint density at radius 2 is 1.79 bits per heavy atom. The summed E-state index contributed by atoms with van der Waals surface area (Å²) in [6, 6.07) is 0.930. The number of amides is 2. The summed E-state index contributed by atoms with van der Waals surface area (Å²) in [5, 5.41) is 6.71. The largest absolute Gasteiger partial charge is 0.345 e. The van der Waals surface area contributed by atoms with Crippen LogP contribution >= 0.6 is 0 Å². The second kappa shape index (κ2) is 9.36. The van der Waals surface area contributed by atoms with Crippen LogP contribution in [0.15, 0.2) is 24.8 Å². The van der Waals surface area contributed by atoms with Crippen LogP contribution < -0.4 is 11.1 Å². The monoisotopic (exact) mass is 478 g/mol. The first-order valence-electron chi connectivity index (χ1n) is 11.4. The molecule has 0 unspecified atom stereocenters. The van der Waals surface area contributed by atoms with Crippen molar-refractivity contribution in [2.45, 2.75) is 69.6 Å². The number of carbonyl (C=O) groups is 2. The van der Waals surface area contributed by atoms with E-state index in [9.17, 15) is 22.8 Å². The van der Waals surface area contributed by atoms with Crippen molar-refractivity contribution in [1.29, 1.82) is 0 Å². The first kappa shape index (κ1) is 24.2. The van der Waals surface area contributed by atoms with Gasteiger partial charge in [-0.05, 0) is 63.5 Å². The number of nitrogens with one attached hydrogen (secondary N) is 1. The smallest absolute Gasteiger partial charge is 0.247 e. The Labute approximate surface area is 195 Å². The molecule has 3 N–H and O–H groups in total. The number of nitrogens with zero attached hydrogens (tertiary/aromatic N) is 4. The summed E-state index contributed by atoms with van der Waals surface area (Å²) in [5.74, 6) is -3.61. The van der Waals surface area contributed by atoms with Crippen LogP contribution in [0.3, 0.4) is 0 Å². The molecule has 1 aromatic heterocycles. The van der Waals surface area contributed by atoms with Gasteiger partial charge in [0.25, 0.3) is 0 Å². The zero-order chi connectivity index (χ0) is 24.6. The van der Waals surface area contributed by atoms with Gasteiger partial charge < -0.3 is 16.0 Å². The highest BCUT2D eigenvalue weighted by molar-refractivity contribution is 5.88. The summed E-state index contributed by atoms with van der Waals surface area (Å²) in [7, 11) is 0. The minimum Gasteiger partial charge on any atom is -0.345 e. The van der Waals surface area contributed by atoms with Crippen LogP contribution in [0.1, 0.15) is 45.1 Å². The molecule has 0 spiro atoms. The third kappa shape index (κ3) is 4.66. The Kier molecular flexibility index (Phi) is 6.66. The first-order valence-corrected chi connectivity index (χ1v) is 11.4. The SMILES string of the molecule is CC(C)(C(=O)NCC(=O)N1[C@@H]2CC[C@H]1C[C@H]([C@H](N)Cc1cc(F)c(F)cc1F)C2)n1cncn1. The maximum atomic E-state index is 14.1. The van der Waals surface area contributed by atoms with Gasteiger partial charge in [0.05, 0.1) is 6.54 Å². The molecule has 4 rings (SSSR count). The molecule has 0 radical (unpaired) electrons. The summed E-state index contributed by atoms with van der Waals surface area (Å²) >= 11 is 0. The van der Waals surface area contributed by atoms with E-state index in [2.05, 4.69) is 15.4 Å². The summed E-state index contributed by atoms with van der Waals surface area (Å²) in [6.07, 6.45) is 5.83. The highest BCUT2D eigenvalue weighted by Crippen LogP contribution is 2.40. The van der Waals surface area contributed by atoms with Crippen molar-refractivity contribution in [3.05, 3.63) is 47.8 Å². The predicted octanol–water partition coefficient (Wildman–Crippen LogP) is 1.89. The number of aromatic nitrogens is 3. The van der Waals surface area contributed by atoms with Gasteiger partial charge >= 0.3 is 0 Å². The first-order chi connectivity index (χ1) is 16.1. The fraction of sp³-hybridized carbons (Fsp3) is 0.565. The number of benzene rings is 1. The van der Waals surface area contributed by atoms with Crippen molar-refractivity contribution in [1.82, 2.24) is 25.0 Å². The standard InChI is InChI=1S/C23H29F3N6O2/c1-23(2,31-12-28-11-30-31)22(34)29-10-21(33)32-15-3-4-16(32)6-14(5-15)20(27)8-13-7-18(25)19(26)9-17(13)24/h7,9,11-12,14-16,20H,3-6,8,10,27H2,1-2H3,(H,29,34)/t14-,15-,16+,20-/m1/s1. The molecular weight excluding hydrogens is 449 g/mol. The maximum absolute atomic E-state index is 14.1. The minimum atomic E-state index is -1.23. The summed E-state index contributed by atoms with van der Waals surface area (Å²) in [4.78, 5) is 31.3. The van der Waals surface area contributed by atoms with E-state index in [1.54, 1.807) is 13.8 Å². The normalized spacial score (nSPS) is 23.1. The average molecular weight is 479 g/mol. The molecule has 184 valence electrons. The zero-order valence-electron chi connectivity index (χ0n) is 19.2. The number of fused-ring (bicyclic) bond motifs is 2. The molecule has 0 saturated carbocycles. The van der Waals surface area contributed by atoms with E-state index >= 15 is 0 Å². The van der Waals surface area contributed by atoms with Crippen LogP contribution in [0.5, 0.6) is 0 Å². The lowest BCUT2D eigenvalue weighted by molar-refractivity contribution is -0.139. The Morgan fingerprint density at radius 1 is 1.15 bits per heavy atom. The third-order valence-electron chi connectivity index (χ3n) is 7.16. The van der Waals surface area contributed by atoms with Gasteiger partial charge in [-0.3, -0.25) is 9.59 Å². The van der Waals surface area contributed by atoms with Gasteiger partial charge in [0.15, 0.2) is 11.6 Å². The number of halogens is 3. The Bertz CT molecular complexity index is 1050. The van der Waals surface area contributed by atoms with Gasteiger partial charge in [-0.2, -0.15) is 5.10 Å². The van der Waals surface area contributed by atoms with Crippen molar-refractivity contribution in [3.8, 4) is 0 Å². The summed E-state index contributed by atoms with van der Waals surface area (Å²) in [6.45, 7) is 3.25. The molecule has 4 atom stereocenters. The van der Waals surface area contributed by atoms with E-state index in [1.165, 1.54) is 17.3 Å². The number of nitrogens with two attached hydrogens (primary N) is 1. The van der Waals surface area contributed by atoms with Crippen molar-refractivity contribution >= 4 is 11.8 Å². The lowest BCUT2D eigenvalue weighted by atomic mass is 9.82. The van der Waals surface area contributed by atoms with E-state index in [4.69, 9.17) is 5.73 Å². The number of carbonyl (C=O) groups excluding carboxylic acids is 2. The Balaban J connectivity index is 1.34.